The summed E-state index contributed by atoms with van der Waals surface area (Å²) in [4.78, 5) is 7.59. The fourth-order valence-electron chi connectivity index (χ4n) is 6.29. The van der Waals surface area contributed by atoms with E-state index in [2.05, 4.69) is 84.0 Å². The van der Waals surface area contributed by atoms with Gasteiger partial charge >= 0.3 is 0 Å². The van der Waals surface area contributed by atoms with Crippen LogP contribution in [-0.4, -0.2) is 29.5 Å². The van der Waals surface area contributed by atoms with E-state index >= 15 is 0 Å². The van der Waals surface area contributed by atoms with Gasteiger partial charge in [0.2, 0.25) is 0 Å². The number of nitrogens with zero attached hydrogens (tertiary/aromatic N) is 2. The summed E-state index contributed by atoms with van der Waals surface area (Å²) < 4.78 is 0. The highest BCUT2D eigenvalue weighted by Gasteiger charge is 2.37. The van der Waals surface area contributed by atoms with Crippen LogP contribution < -0.4 is 0 Å². The van der Waals surface area contributed by atoms with E-state index in [1.54, 1.807) is 0 Å². The summed E-state index contributed by atoms with van der Waals surface area (Å²) in [6.45, 7) is 17.7. The smallest absolute Gasteiger partial charge is 0.0963 e. The minimum absolute atomic E-state index is 0.257. The SMILES string of the molecule is CCCC(CCC)c1nc(-c2ccc3c(c2)C(C)(C)CCC3(C)C)cs1.CCCC1CCCCN1C. The molecule has 3 heteroatoms. The van der Waals surface area contributed by atoms with E-state index in [1.807, 2.05) is 11.3 Å². The third-order valence-electron chi connectivity index (χ3n) is 8.84. The molecule has 1 aliphatic heterocycles. The molecule has 1 atom stereocenters. The van der Waals surface area contributed by atoms with Gasteiger partial charge in [-0.05, 0) is 86.6 Å². The lowest BCUT2D eigenvalue weighted by Crippen LogP contribution is -2.35. The van der Waals surface area contributed by atoms with Crippen molar-refractivity contribution in [2.45, 2.75) is 142 Å². The summed E-state index contributed by atoms with van der Waals surface area (Å²) in [7, 11) is 2.26. The predicted molar refractivity (Wildman–Crippen MR) is 161 cm³/mol. The van der Waals surface area contributed by atoms with E-state index < -0.39 is 0 Å². The molecule has 0 bridgehead atoms. The van der Waals surface area contributed by atoms with Gasteiger partial charge in [0.1, 0.15) is 0 Å². The second-order valence-corrected chi connectivity index (χ2v) is 13.7. The Bertz CT molecular complexity index is 933. The lowest BCUT2D eigenvalue weighted by atomic mass is 9.63. The normalized spacial score (nSPS) is 21.1. The van der Waals surface area contributed by atoms with Gasteiger partial charge < -0.3 is 4.90 Å². The van der Waals surface area contributed by atoms with Crippen LogP contribution in [0, 0.1) is 0 Å². The molecule has 1 aromatic carbocycles. The number of piperidine rings is 1. The van der Waals surface area contributed by atoms with Crippen LogP contribution in [0.3, 0.4) is 0 Å². The van der Waals surface area contributed by atoms with Crippen molar-refractivity contribution in [3.63, 3.8) is 0 Å². The molecule has 0 saturated carbocycles. The van der Waals surface area contributed by atoms with Crippen molar-refractivity contribution in [2.24, 2.45) is 0 Å². The average molecular weight is 511 g/mol. The lowest BCUT2D eigenvalue weighted by molar-refractivity contribution is 0.175. The Morgan fingerprint density at radius 3 is 2.22 bits per heavy atom. The third kappa shape index (κ3) is 7.22. The zero-order valence-corrected chi connectivity index (χ0v) is 25.6. The van der Waals surface area contributed by atoms with Crippen molar-refractivity contribution < 1.29 is 0 Å². The van der Waals surface area contributed by atoms with Gasteiger partial charge in [-0.15, -0.1) is 11.3 Å². The number of thiazole rings is 1. The number of rotatable bonds is 8. The number of hydrogen-bond acceptors (Lipinski definition) is 3. The van der Waals surface area contributed by atoms with E-state index in [9.17, 15) is 0 Å². The Morgan fingerprint density at radius 1 is 0.944 bits per heavy atom. The molecule has 2 aliphatic rings. The highest BCUT2D eigenvalue weighted by Crippen LogP contribution is 2.47. The summed E-state index contributed by atoms with van der Waals surface area (Å²) in [6, 6.07) is 8.01. The van der Waals surface area contributed by atoms with E-state index in [-0.39, 0.29) is 10.8 Å². The maximum Gasteiger partial charge on any atom is 0.0963 e. The molecule has 202 valence electrons. The van der Waals surface area contributed by atoms with E-state index in [1.165, 1.54) is 105 Å². The molecule has 1 saturated heterocycles. The standard InChI is InChI=1S/C24H35NS.C9H19N/c1-7-9-17(10-8-2)22-25-21(16-26-22)18-11-12-19-20(15-18)24(5,6)14-13-23(19,3)4;1-3-6-9-7-4-5-8-10(9)2/h11-12,15-17H,7-10,13-14H2,1-6H3;9H,3-8H2,1-2H3. The zero-order valence-electron chi connectivity index (χ0n) is 24.8. The van der Waals surface area contributed by atoms with Crippen molar-refractivity contribution in [1.29, 1.82) is 0 Å². The van der Waals surface area contributed by atoms with Crippen molar-refractivity contribution in [1.82, 2.24) is 9.88 Å². The molecule has 1 fully saturated rings. The molecule has 4 rings (SSSR count). The summed E-state index contributed by atoms with van der Waals surface area (Å²) in [5, 5.41) is 3.61. The Labute approximate surface area is 227 Å². The molecule has 1 aliphatic carbocycles. The second-order valence-electron chi connectivity index (χ2n) is 12.8. The monoisotopic (exact) mass is 510 g/mol. The number of benzene rings is 1. The van der Waals surface area contributed by atoms with Crippen molar-refractivity contribution >= 4 is 11.3 Å². The van der Waals surface area contributed by atoms with Crippen molar-refractivity contribution in [2.75, 3.05) is 13.6 Å². The van der Waals surface area contributed by atoms with Crippen molar-refractivity contribution in [3.8, 4) is 11.3 Å². The molecule has 0 spiro atoms. The molecular weight excluding hydrogens is 456 g/mol. The first kappa shape index (κ1) is 29.4. The van der Waals surface area contributed by atoms with Crippen molar-refractivity contribution in [3.05, 3.63) is 39.7 Å². The van der Waals surface area contributed by atoms with Crippen LogP contribution in [0.5, 0.6) is 0 Å². The molecule has 0 amide bonds. The fraction of sp³-hybridized carbons (Fsp3) is 0.727. The molecule has 2 heterocycles. The number of hydrogen-bond donors (Lipinski definition) is 0. The van der Waals surface area contributed by atoms with Gasteiger partial charge in [0, 0.05) is 22.9 Å². The Hall–Kier alpha value is -1.19. The maximum absolute atomic E-state index is 5.07. The van der Waals surface area contributed by atoms with Crippen LogP contribution in [-0.2, 0) is 10.8 Å². The van der Waals surface area contributed by atoms with Crippen LogP contribution in [0.4, 0.5) is 0 Å². The minimum Gasteiger partial charge on any atom is -0.303 e. The molecule has 0 N–H and O–H groups in total. The number of aromatic nitrogens is 1. The lowest BCUT2D eigenvalue weighted by Gasteiger charge is -2.42. The van der Waals surface area contributed by atoms with Crippen LogP contribution in [0.2, 0.25) is 0 Å². The van der Waals surface area contributed by atoms with Crippen LogP contribution in [0.25, 0.3) is 11.3 Å². The fourth-order valence-corrected chi connectivity index (χ4v) is 7.29. The Kier molecular flexibility index (Phi) is 10.6. The molecule has 0 radical (unpaired) electrons. The quantitative estimate of drug-likeness (QED) is 0.351. The number of fused-ring (bicyclic) bond motifs is 1. The van der Waals surface area contributed by atoms with Gasteiger partial charge in [-0.2, -0.15) is 0 Å². The van der Waals surface area contributed by atoms with Gasteiger partial charge in [0.25, 0.3) is 0 Å². The molecule has 1 unspecified atom stereocenters. The third-order valence-corrected chi connectivity index (χ3v) is 9.84. The summed E-state index contributed by atoms with van der Waals surface area (Å²) in [5.41, 5.74) is 6.06. The summed E-state index contributed by atoms with van der Waals surface area (Å²) in [5.74, 6) is 0.636. The highest BCUT2D eigenvalue weighted by molar-refractivity contribution is 7.10. The second kappa shape index (κ2) is 13.1. The van der Waals surface area contributed by atoms with Gasteiger partial charge in [0.05, 0.1) is 10.7 Å². The Balaban J connectivity index is 0.000000303. The van der Waals surface area contributed by atoms with Crippen LogP contribution in [0.15, 0.2) is 23.6 Å². The van der Waals surface area contributed by atoms with Gasteiger partial charge in [0.15, 0.2) is 0 Å². The molecule has 2 aromatic rings. The first-order valence-electron chi connectivity index (χ1n) is 14.9. The minimum atomic E-state index is 0.257. The molecule has 2 nitrogen and oxygen atoms in total. The van der Waals surface area contributed by atoms with Gasteiger partial charge in [-0.1, -0.05) is 86.3 Å². The summed E-state index contributed by atoms with van der Waals surface area (Å²) in [6.07, 6.45) is 14.6. The van der Waals surface area contributed by atoms with Crippen LogP contribution in [0.1, 0.15) is 141 Å². The predicted octanol–water partition coefficient (Wildman–Crippen LogP) is 10.1. The molecular formula is C33H54N2S. The Morgan fingerprint density at radius 2 is 1.61 bits per heavy atom. The highest BCUT2D eigenvalue weighted by atomic mass is 32.1. The first-order valence-corrected chi connectivity index (χ1v) is 15.8. The molecule has 36 heavy (non-hydrogen) atoms. The number of likely N-dealkylation sites (tertiary alicyclic amines) is 1. The topological polar surface area (TPSA) is 16.1 Å². The van der Waals surface area contributed by atoms with E-state index in [0.29, 0.717) is 5.92 Å². The molecule has 1 aromatic heterocycles. The maximum atomic E-state index is 5.07. The average Bonchev–Trinajstić information content (AvgIpc) is 3.34. The summed E-state index contributed by atoms with van der Waals surface area (Å²) >= 11 is 1.86. The van der Waals surface area contributed by atoms with E-state index in [0.717, 1.165) is 6.04 Å². The van der Waals surface area contributed by atoms with Crippen LogP contribution >= 0.6 is 11.3 Å². The van der Waals surface area contributed by atoms with Gasteiger partial charge in [-0.25, -0.2) is 4.98 Å². The first-order chi connectivity index (χ1) is 17.1. The van der Waals surface area contributed by atoms with Gasteiger partial charge in [-0.3, -0.25) is 0 Å². The zero-order chi connectivity index (χ0) is 26.3. The largest absolute Gasteiger partial charge is 0.303 e. The van der Waals surface area contributed by atoms with E-state index in [4.69, 9.17) is 4.98 Å².